The largest absolute Gasteiger partial charge is 0.259 e. The minimum Gasteiger partial charge on any atom is -0.158 e. The average molecular weight is 695 g/mol. The number of aromatic nitrogens is 2. The summed E-state index contributed by atoms with van der Waals surface area (Å²) in [4.78, 5) is 0. The van der Waals surface area contributed by atoms with Gasteiger partial charge in [-0.2, -0.15) is 9.13 Å². The Morgan fingerprint density at radius 1 is 0.491 bits per heavy atom. The Morgan fingerprint density at radius 3 is 1.64 bits per heavy atom. The number of hydrogen-bond acceptors (Lipinski definition) is 0. The molecule has 0 radical (unpaired) electrons. The van der Waals surface area contributed by atoms with E-state index in [0.717, 1.165) is 12.8 Å². The van der Waals surface area contributed by atoms with Crippen LogP contribution in [0.4, 0.5) is 0 Å². The van der Waals surface area contributed by atoms with Gasteiger partial charge in [0.25, 0.3) is 11.4 Å². The highest BCUT2D eigenvalue weighted by atomic mass is 15.1. The van der Waals surface area contributed by atoms with Crippen LogP contribution in [0.25, 0.3) is 55.8 Å². The van der Waals surface area contributed by atoms with E-state index in [9.17, 15) is 0 Å². The number of hydrogen-bond donors (Lipinski definition) is 0. The fourth-order valence-electron chi connectivity index (χ4n) is 9.34. The molecule has 4 aromatic carbocycles. The Hall–Kier alpha value is -4.82. The molecule has 1 aliphatic carbocycles. The molecule has 4 heterocycles. The molecule has 9 rings (SSSR count). The molecule has 53 heavy (non-hydrogen) atoms. The number of nitrogens with zero attached hydrogens (tertiary/aromatic N) is 2. The maximum atomic E-state index is 2.58. The maximum Gasteiger partial charge on any atom is 0.259 e. The summed E-state index contributed by atoms with van der Waals surface area (Å²) in [7, 11) is 0. The topological polar surface area (TPSA) is 7.76 Å². The summed E-state index contributed by atoms with van der Waals surface area (Å²) in [5.74, 6) is 0. The molecule has 0 fully saturated rings. The van der Waals surface area contributed by atoms with Gasteiger partial charge in [-0.05, 0) is 89.2 Å². The van der Waals surface area contributed by atoms with Crippen LogP contribution in [-0.2, 0) is 34.5 Å². The first kappa shape index (κ1) is 34.0. The van der Waals surface area contributed by atoms with Crippen molar-refractivity contribution in [2.45, 2.75) is 111 Å². The lowest BCUT2D eigenvalue weighted by Gasteiger charge is -2.27. The third-order valence-electron chi connectivity index (χ3n) is 12.6. The van der Waals surface area contributed by atoms with Crippen molar-refractivity contribution in [3.8, 4) is 33.6 Å². The van der Waals surface area contributed by atoms with E-state index in [1.165, 1.54) is 94.8 Å². The molecule has 3 aliphatic rings. The summed E-state index contributed by atoms with van der Waals surface area (Å²) in [6, 6.07) is 35.6. The highest BCUT2D eigenvalue weighted by Crippen LogP contribution is 2.53. The van der Waals surface area contributed by atoms with E-state index in [0.29, 0.717) is 0 Å². The highest BCUT2D eigenvalue weighted by molar-refractivity contribution is 5.98. The normalized spacial score (nSPS) is 17.1. The molecule has 2 aromatic heterocycles. The van der Waals surface area contributed by atoms with E-state index in [4.69, 9.17) is 0 Å². The summed E-state index contributed by atoms with van der Waals surface area (Å²) >= 11 is 0. The Labute approximate surface area is 316 Å². The van der Waals surface area contributed by atoms with Crippen LogP contribution in [0.5, 0.6) is 0 Å². The van der Waals surface area contributed by atoms with Gasteiger partial charge in [-0.3, -0.25) is 0 Å². The molecule has 2 aliphatic heterocycles. The quantitative estimate of drug-likeness (QED) is 0.140. The van der Waals surface area contributed by atoms with Crippen molar-refractivity contribution < 1.29 is 9.13 Å². The molecule has 0 spiro atoms. The van der Waals surface area contributed by atoms with E-state index in [-0.39, 0.29) is 21.7 Å². The second-order valence-corrected chi connectivity index (χ2v) is 19.6. The van der Waals surface area contributed by atoms with Crippen molar-refractivity contribution in [2.24, 2.45) is 0 Å². The zero-order valence-electron chi connectivity index (χ0n) is 33.6. The number of rotatable bonds is 0. The van der Waals surface area contributed by atoms with Gasteiger partial charge in [0.15, 0.2) is 12.4 Å². The highest BCUT2D eigenvalue weighted by Gasteiger charge is 2.43. The Morgan fingerprint density at radius 2 is 1.04 bits per heavy atom. The van der Waals surface area contributed by atoms with Gasteiger partial charge in [-0.15, -0.1) is 0 Å². The fraction of sp³-hybridized carbons (Fsp3) is 0.333. The van der Waals surface area contributed by atoms with Gasteiger partial charge < -0.3 is 0 Å². The molecule has 0 bridgehead atoms. The molecular weight excluding hydrogens is 641 g/mol. The number of benzene rings is 4. The van der Waals surface area contributed by atoms with Crippen LogP contribution in [0, 0.1) is 0 Å². The van der Waals surface area contributed by atoms with Crippen LogP contribution in [0.2, 0.25) is 0 Å². The lowest BCUT2D eigenvalue weighted by Crippen LogP contribution is -2.47. The van der Waals surface area contributed by atoms with Crippen LogP contribution >= 0.6 is 0 Å². The summed E-state index contributed by atoms with van der Waals surface area (Å²) < 4.78 is 5.06. The van der Waals surface area contributed by atoms with Gasteiger partial charge in [-0.25, -0.2) is 0 Å². The van der Waals surface area contributed by atoms with Gasteiger partial charge in [-0.1, -0.05) is 131 Å². The van der Waals surface area contributed by atoms with Crippen LogP contribution < -0.4 is 9.13 Å². The molecule has 2 nitrogen and oxygen atoms in total. The maximum absolute atomic E-state index is 2.58. The minimum atomic E-state index is -0.103. The zero-order chi connectivity index (χ0) is 37.4. The molecular formula is C51H54N2+2. The van der Waals surface area contributed by atoms with Crippen molar-refractivity contribution in [1.29, 1.82) is 0 Å². The summed E-state index contributed by atoms with van der Waals surface area (Å²) in [5.41, 5.74) is 20.7. The second kappa shape index (κ2) is 11.1. The van der Waals surface area contributed by atoms with Crippen LogP contribution in [-0.4, -0.2) is 0 Å². The summed E-state index contributed by atoms with van der Waals surface area (Å²) in [6.45, 7) is 25.8. The minimum absolute atomic E-state index is 0.0317. The monoisotopic (exact) mass is 694 g/mol. The molecule has 0 saturated heterocycles. The zero-order valence-corrected chi connectivity index (χ0v) is 33.6. The lowest BCUT2D eigenvalue weighted by molar-refractivity contribution is -0.602. The smallest absolute Gasteiger partial charge is 0.158 e. The van der Waals surface area contributed by atoms with E-state index in [1.54, 1.807) is 0 Å². The average Bonchev–Trinajstić information content (AvgIpc) is 3.33. The summed E-state index contributed by atoms with van der Waals surface area (Å²) in [5, 5.41) is 2.69. The molecule has 0 N–H and O–H groups in total. The van der Waals surface area contributed by atoms with Gasteiger partial charge >= 0.3 is 0 Å². The third kappa shape index (κ3) is 5.19. The third-order valence-corrected chi connectivity index (χ3v) is 12.6. The van der Waals surface area contributed by atoms with E-state index in [1.807, 2.05) is 0 Å². The van der Waals surface area contributed by atoms with Crippen molar-refractivity contribution in [3.63, 3.8) is 0 Å². The van der Waals surface area contributed by atoms with Gasteiger partial charge in [0, 0.05) is 29.7 Å². The first-order valence-corrected chi connectivity index (χ1v) is 19.6. The standard InChI is InChI=1S/C51H54N2/c1-48(2,3)34-18-16-32-25-45(52-22-20-35(49(4,5)6)28-43(52)39(32)27-34)46-26-33-24-42-41(30-40(33)44-29-36(50(7,8)9)21-23-53(44)46)38-19-17-31-14-12-13-15-37(31)47(38)51(42,10)11/h12-24,27-30H,25-26H2,1-11H3/q+2/b46-45+. The fourth-order valence-corrected chi connectivity index (χ4v) is 9.34. The predicted molar refractivity (Wildman–Crippen MR) is 222 cm³/mol. The molecule has 266 valence electrons. The molecule has 0 unspecified atom stereocenters. The van der Waals surface area contributed by atoms with Gasteiger partial charge in [0.2, 0.25) is 11.4 Å². The van der Waals surface area contributed by atoms with Crippen molar-refractivity contribution in [3.05, 3.63) is 142 Å². The van der Waals surface area contributed by atoms with Crippen molar-refractivity contribution in [1.82, 2.24) is 0 Å². The Kier molecular flexibility index (Phi) is 7.12. The Balaban J connectivity index is 1.31. The van der Waals surface area contributed by atoms with E-state index in [2.05, 4.69) is 189 Å². The van der Waals surface area contributed by atoms with Crippen LogP contribution in [0.1, 0.15) is 115 Å². The number of allylic oxidation sites excluding steroid dienone is 2. The SMILES string of the molecule is CC(C)(C)c1ccc2c(c1)-c1cc(C(C)(C)C)cc[n+]1/C(=C1\Cc3cc4c(cc3-c3cc(C(C)(C)C)cc[n+]31)-c1ccc3ccccc3c1C4(C)C)C2. The molecule has 6 aromatic rings. The van der Waals surface area contributed by atoms with Crippen LogP contribution in [0.3, 0.4) is 0 Å². The number of fused-ring (bicyclic) bond motifs is 11. The Bertz CT molecular complexity index is 2570. The summed E-state index contributed by atoms with van der Waals surface area (Å²) in [6.07, 6.45) is 6.48. The van der Waals surface area contributed by atoms with Gasteiger partial charge in [0.05, 0.1) is 24.0 Å². The van der Waals surface area contributed by atoms with E-state index >= 15 is 0 Å². The second-order valence-electron chi connectivity index (χ2n) is 19.6. The molecule has 0 saturated carbocycles. The first-order chi connectivity index (χ1) is 24.9. The molecule has 0 amide bonds. The van der Waals surface area contributed by atoms with Crippen molar-refractivity contribution in [2.75, 3.05) is 0 Å². The molecule has 0 atom stereocenters. The molecule has 2 heteroatoms. The van der Waals surface area contributed by atoms with Gasteiger partial charge in [0.1, 0.15) is 0 Å². The predicted octanol–water partition coefficient (Wildman–Crippen LogP) is 11.9. The van der Waals surface area contributed by atoms with Crippen LogP contribution in [0.15, 0.2) is 103 Å². The lowest BCUT2D eigenvalue weighted by atomic mass is 9.78. The van der Waals surface area contributed by atoms with E-state index < -0.39 is 0 Å². The van der Waals surface area contributed by atoms with Crippen molar-refractivity contribution >= 4 is 22.2 Å². The number of pyridine rings is 2. The first-order valence-electron chi connectivity index (χ1n) is 19.6.